The van der Waals surface area contributed by atoms with Crippen LogP contribution >= 0.6 is 0 Å². The van der Waals surface area contributed by atoms with Crippen molar-refractivity contribution in [2.24, 2.45) is 5.10 Å². The molecular formula is C28H29N3O7. The number of carbonyl (C=O) groups is 2. The monoisotopic (exact) mass is 519 g/mol. The lowest BCUT2D eigenvalue weighted by Gasteiger charge is -2.16. The minimum atomic E-state index is -0.866. The summed E-state index contributed by atoms with van der Waals surface area (Å²) >= 11 is 0. The smallest absolute Gasteiger partial charge is 0.407 e. The van der Waals surface area contributed by atoms with Crippen LogP contribution in [0, 0.1) is 0 Å². The van der Waals surface area contributed by atoms with Gasteiger partial charge in [0, 0.05) is 6.42 Å². The predicted octanol–water partition coefficient (Wildman–Crippen LogP) is 3.81. The van der Waals surface area contributed by atoms with Crippen molar-refractivity contribution in [1.82, 2.24) is 10.7 Å². The van der Waals surface area contributed by atoms with E-state index in [0.29, 0.717) is 35.2 Å². The Hall–Kier alpha value is -4.73. The summed E-state index contributed by atoms with van der Waals surface area (Å²) < 4.78 is 27.1. The third-order valence-electron chi connectivity index (χ3n) is 5.57. The van der Waals surface area contributed by atoms with Crippen LogP contribution < -0.4 is 29.7 Å². The summed E-state index contributed by atoms with van der Waals surface area (Å²) in [6, 6.07) is 19.4. The number of rotatable bonds is 11. The van der Waals surface area contributed by atoms with E-state index in [1.54, 1.807) is 32.2 Å². The molecule has 1 aliphatic heterocycles. The third-order valence-corrected chi connectivity index (χ3v) is 5.57. The summed E-state index contributed by atoms with van der Waals surface area (Å²) in [7, 11) is 1.54. The molecule has 1 aliphatic rings. The van der Waals surface area contributed by atoms with Crippen LogP contribution in [0.15, 0.2) is 71.8 Å². The lowest BCUT2D eigenvalue weighted by atomic mass is 10.1. The molecule has 10 heteroatoms. The van der Waals surface area contributed by atoms with Crippen LogP contribution in [0.5, 0.6) is 23.0 Å². The molecule has 2 N–H and O–H groups in total. The molecule has 0 aromatic heterocycles. The molecular weight excluding hydrogens is 490 g/mol. The number of amides is 2. The minimum absolute atomic E-state index is 0.196. The maximum atomic E-state index is 12.8. The molecule has 0 saturated carbocycles. The van der Waals surface area contributed by atoms with Crippen LogP contribution in [0.2, 0.25) is 0 Å². The predicted molar refractivity (Wildman–Crippen MR) is 140 cm³/mol. The second-order valence-corrected chi connectivity index (χ2v) is 8.23. The molecule has 0 bridgehead atoms. The van der Waals surface area contributed by atoms with Gasteiger partial charge < -0.3 is 29.0 Å². The maximum absolute atomic E-state index is 12.8. The quantitative estimate of drug-likeness (QED) is 0.292. The van der Waals surface area contributed by atoms with Gasteiger partial charge in [-0.3, -0.25) is 4.79 Å². The largest absolute Gasteiger partial charge is 0.493 e. The topological polar surface area (TPSA) is 117 Å². The fraction of sp³-hybridized carbons (Fsp3) is 0.250. The highest BCUT2D eigenvalue weighted by molar-refractivity contribution is 5.87. The SMILES string of the molecule is CCOC(=O)N[C@H](Cc1ccccc1)C(=O)N/N=C\c1ccc(OCc2ccc3c(c2)OCO3)c(OC)c1. The highest BCUT2D eigenvalue weighted by atomic mass is 16.7. The maximum Gasteiger partial charge on any atom is 0.407 e. The molecule has 38 heavy (non-hydrogen) atoms. The average molecular weight is 520 g/mol. The van der Waals surface area contributed by atoms with Gasteiger partial charge in [0.25, 0.3) is 5.91 Å². The van der Waals surface area contributed by atoms with E-state index in [4.69, 9.17) is 23.7 Å². The normalized spacial score (nSPS) is 12.6. The Morgan fingerprint density at radius 1 is 1.00 bits per heavy atom. The van der Waals surface area contributed by atoms with E-state index in [0.717, 1.165) is 11.1 Å². The molecule has 0 radical (unpaired) electrons. The molecule has 3 aromatic rings. The van der Waals surface area contributed by atoms with E-state index in [1.165, 1.54) is 6.21 Å². The summed E-state index contributed by atoms with van der Waals surface area (Å²) in [4.78, 5) is 24.7. The third kappa shape index (κ3) is 7.16. The van der Waals surface area contributed by atoms with Crippen molar-refractivity contribution in [3.8, 4) is 23.0 Å². The first-order chi connectivity index (χ1) is 18.6. The molecule has 4 rings (SSSR count). The Morgan fingerprint density at radius 2 is 1.82 bits per heavy atom. The van der Waals surface area contributed by atoms with Crippen LogP contribution in [0.3, 0.4) is 0 Å². The number of methoxy groups -OCH3 is 1. The van der Waals surface area contributed by atoms with E-state index >= 15 is 0 Å². The van der Waals surface area contributed by atoms with Gasteiger partial charge in [-0.15, -0.1) is 0 Å². The number of hydrazone groups is 1. The summed E-state index contributed by atoms with van der Waals surface area (Å²) in [5, 5.41) is 6.63. The second kappa shape index (κ2) is 13.0. The van der Waals surface area contributed by atoms with E-state index in [2.05, 4.69) is 15.8 Å². The van der Waals surface area contributed by atoms with Gasteiger partial charge in [0.15, 0.2) is 23.0 Å². The number of fused-ring (bicyclic) bond motifs is 1. The number of carbonyl (C=O) groups excluding carboxylic acids is 2. The van der Waals surface area contributed by atoms with Gasteiger partial charge in [-0.2, -0.15) is 5.10 Å². The first-order valence-corrected chi connectivity index (χ1v) is 12.0. The van der Waals surface area contributed by atoms with Crippen LogP contribution in [0.25, 0.3) is 0 Å². The molecule has 10 nitrogen and oxygen atoms in total. The Bertz CT molecular complexity index is 1280. The van der Waals surface area contributed by atoms with Crippen LogP contribution in [0.4, 0.5) is 4.79 Å². The number of nitrogens with one attached hydrogen (secondary N) is 2. The van der Waals surface area contributed by atoms with Gasteiger partial charge in [0.05, 0.1) is 19.9 Å². The van der Waals surface area contributed by atoms with Crippen molar-refractivity contribution in [1.29, 1.82) is 0 Å². The number of ether oxygens (including phenoxy) is 5. The number of nitrogens with zero attached hydrogens (tertiary/aromatic N) is 1. The number of hydrogen-bond acceptors (Lipinski definition) is 8. The first kappa shape index (κ1) is 26.3. The van der Waals surface area contributed by atoms with Crippen molar-refractivity contribution in [2.45, 2.75) is 26.0 Å². The zero-order valence-corrected chi connectivity index (χ0v) is 21.1. The van der Waals surface area contributed by atoms with Crippen LogP contribution in [-0.4, -0.2) is 44.8 Å². The lowest BCUT2D eigenvalue weighted by Crippen LogP contribution is -2.47. The second-order valence-electron chi connectivity index (χ2n) is 8.23. The highest BCUT2D eigenvalue weighted by Gasteiger charge is 2.21. The molecule has 1 heterocycles. The number of hydrogen-bond donors (Lipinski definition) is 2. The summed E-state index contributed by atoms with van der Waals surface area (Å²) in [6.07, 6.45) is 1.09. The fourth-order valence-electron chi connectivity index (χ4n) is 3.70. The lowest BCUT2D eigenvalue weighted by molar-refractivity contribution is -0.123. The van der Waals surface area contributed by atoms with Gasteiger partial charge in [-0.1, -0.05) is 36.4 Å². The summed E-state index contributed by atoms with van der Waals surface area (Å²) in [6.45, 7) is 2.42. The Labute approximate surface area is 220 Å². The average Bonchev–Trinajstić information content (AvgIpc) is 3.40. The van der Waals surface area contributed by atoms with E-state index in [1.807, 2.05) is 48.5 Å². The highest BCUT2D eigenvalue weighted by Crippen LogP contribution is 2.33. The fourth-order valence-corrected chi connectivity index (χ4v) is 3.70. The summed E-state index contributed by atoms with van der Waals surface area (Å²) in [5.41, 5.74) is 4.97. The van der Waals surface area contributed by atoms with Crippen molar-refractivity contribution in [3.63, 3.8) is 0 Å². The standard InChI is InChI=1S/C28H29N3O7/c1-3-35-28(33)30-22(13-19-7-5-4-6-8-19)27(32)31-29-16-20-9-11-23(25(14-20)34-2)36-17-21-10-12-24-26(15-21)38-18-37-24/h4-12,14-16,22H,3,13,17-18H2,1-2H3,(H,30,33)(H,31,32)/b29-16-/t22-/m1/s1. The minimum Gasteiger partial charge on any atom is -0.493 e. The van der Waals surface area contributed by atoms with Gasteiger partial charge in [0.2, 0.25) is 6.79 Å². The number of benzene rings is 3. The molecule has 0 aliphatic carbocycles. The van der Waals surface area contributed by atoms with Gasteiger partial charge in [-0.25, -0.2) is 10.2 Å². The molecule has 0 unspecified atom stereocenters. The van der Waals surface area contributed by atoms with Crippen molar-refractivity contribution in [2.75, 3.05) is 20.5 Å². The van der Waals surface area contributed by atoms with Crippen molar-refractivity contribution >= 4 is 18.2 Å². The van der Waals surface area contributed by atoms with E-state index in [-0.39, 0.29) is 19.8 Å². The Kier molecular flexibility index (Phi) is 9.01. The molecule has 1 atom stereocenters. The molecule has 2 amide bonds. The van der Waals surface area contributed by atoms with Crippen LogP contribution in [0.1, 0.15) is 23.6 Å². The number of alkyl carbamates (subject to hydrolysis) is 1. The zero-order chi connectivity index (χ0) is 26.7. The van der Waals surface area contributed by atoms with Gasteiger partial charge in [0.1, 0.15) is 12.6 Å². The van der Waals surface area contributed by atoms with E-state index < -0.39 is 18.0 Å². The Balaban J connectivity index is 1.36. The van der Waals surface area contributed by atoms with E-state index in [9.17, 15) is 9.59 Å². The molecule has 3 aromatic carbocycles. The molecule has 0 saturated heterocycles. The van der Waals surface area contributed by atoms with Crippen molar-refractivity contribution < 1.29 is 33.3 Å². The Morgan fingerprint density at radius 3 is 2.61 bits per heavy atom. The first-order valence-electron chi connectivity index (χ1n) is 12.0. The van der Waals surface area contributed by atoms with Gasteiger partial charge >= 0.3 is 6.09 Å². The molecule has 0 spiro atoms. The summed E-state index contributed by atoms with van der Waals surface area (Å²) in [5.74, 6) is 1.98. The van der Waals surface area contributed by atoms with Gasteiger partial charge in [-0.05, 0) is 53.9 Å². The van der Waals surface area contributed by atoms with Crippen LogP contribution in [-0.2, 0) is 22.6 Å². The molecule has 198 valence electrons. The zero-order valence-electron chi connectivity index (χ0n) is 21.1. The molecule has 0 fully saturated rings. The van der Waals surface area contributed by atoms with Crippen molar-refractivity contribution in [3.05, 3.63) is 83.4 Å².